The molecule has 14 heavy (non-hydrogen) atoms. The summed E-state index contributed by atoms with van der Waals surface area (Å²) < 4.78 is 26.2. The normalized spacial score (nSPS) is 12.3. The Balaban J connectivity index is 2.96. The molecule has 1 rings (SSSR count). The summed E-state index contributed by atoms with van der Waals surface area (Å²) in [6.45, 7) is 0.604. The van der Waals surface area contributed by atoms with Gasteiger partial charge in [-0.05, 0) is 0 Å². The number of nitrogens with zero attached hydrogens (tertiary/aromatic N) is 3. The van der Waals surface area contributed by atoms with E-state index in [0.717, 1.165) is 0 Å². The van der Waals surface area contributed by atoms with Crippen molar-refractivity contribution in [2.24, 2.45) is 12.8 Å². The monoisotopic (exact) mass is 218 g/mol. The van der Waals surface area contributed by atoms with Gasteiger partial charge in [0.15, 0.2) is 0 Å². The minimum atomic E-state index is -3.41. The van der Waals surface area contributed by atoms with Gasteiger partial charge in [-0.1, -0.05) is 0 Å². The highest BCUT2D eigenvalue weighted by molar-refractivity contribution is 7.89. The molecule has 0 amide bonds. The lowest BCUT2D eigenvalue weighted by molar-refractivity contribution is 0.476. The van der Waals surface area contributed by atoms with Gasteiger partial charge in [-0.2, -0.15) is 9.40 Å². The number of aryl methyl sites for hydroxylation is 1. The van der Waals surface area contributed by atoms with Crippen molar-refractivity contribution in [3.63, 3.8) is 0 Å². The number of rotatable bonds is 4. The Labute approximate surface area is 83.4 Å². The third kappa shape index (κ3) is 2.11. The van der Waals surface area contributed by atoms with Gasteiger partial charge in [0.1, 0.15) is 4.90 Å². The van der Waals surface area contributed by atoms with E-state index in [-0.39, 0.29) is 4.90 Å². The van der Waals surface area contributed by atoms with Crippen LogP contribution in [0.2, 0.25) is 0 Å². The summed E-state index contributed by atoms with van der Waals surface area (Å²) in [5.74, 6) is 0. The number of aromatic nitrogens is 2. The lowest BCUT2D eigenvalue weighted by atomic mass is 10.7. The van der Waals surface area contributed by atoms with Crippen LogP contribution in [0, 0.1) is 0 Å². The van der Waals surface area contributed by atoms with Crippen LogP contribution in [0.5, 0.6) is 0 Å². The molecule has 6 nitrogen and oxygen atoms in total. The Kier molecular flexibility index (Phi) is 3.25. The van der Waals surface area contributed by atoms with Crippen molar-refractivity contribution in [2.75, 3.05) is 20.1 Å². The van der Waals surface area contributed by atoms with Gasteiger partial charge in [0.25, 0.3) is 0 Å². The summed E-state index contributed by atoms with van der Waals surface area (Å²) in [6, 6.07) is 0. The Hall–Kier alpha value is -0.920. The van der Waals surface area contributed by atoms with Crippen LogP contribution >= 0.6 is 0 Å². The van der Waals surface area contributed by atoms with E-state index in [1.807, 2.05) is 0 Å². The highest BCUT2D eigenvalue weighted by Gasteiger charge is 2.21. The highest BCUT2D eigenvalue weighted by Crippen LogP contribution is 2.11. The van der Waals surface area contributed by atoms with Crippen LogP contribution < -0.4 is 5.73 Å². The first-order valence-electron chi connectivity index (χ1n) is 4.13. The van der Waals surface area contributed by atoms with Gasteiger partial charge in [-0.3, -0.25) is 4.68 Å². The summed E-state index contributed by atoms with van der Waals surface area (Å²) >= 11 is 0. The van der Waals surface area contributed by atoms with Crippen molar-refractivity contribution >= 4 is 10.0 Å². The zero-order chi connectivity index (χ0) is 10.8. The maximum atomic E-state index is 11.8. The molecule has 7 heteroatoms. The Morgan fingerprint density at radius 1 is 1.64 bits per heavy atom. The molecule has 0 unspecified atom stereocenters. The second kappa shape index (κ2) is 4.07. The van der Waals surface area contributed by atoms with Crippen molar-refractivity contribution in [1.82, 2.24) is 14.1 Å². The Bertz CT molecular complexity index is 398. The number of hydrogen-bond acceptors (Lipinski definition) is 4. The van der Waals surface area contributed by atoms with Gasteiger partial charge in [-0.15, -0.1) is 0 Å². The largest absolute Gasteiger partial charge is 0.329 e. The number of sulfonamides is 1. The second-order valence-corrected chi connectivity index (χ2v) is 5.01. The van der Waals surface area contributed by atoms with Gasteiger partial charge in [0, 0.05) is 33.4 Å². The summed E-state index contributed by atoms with van der Waals surface area (Å²) in [5, 5.41) is 3.81. The predicted octanol–water partition coefficient (Wildman–Crippen LogP) is -1.00. The first-order valence-corrected chi connectivity index (χ1v) is 5.57. The fourth-order valence-electron chi connectivity index (χ4n) is 1.01. The van der Waals surface area contributed by atoms with Gasteiger partial charge < -0.3 is 5.73 Å². The van der Waals surface area contributed by atoms with Gasteiger partial charge in [0.05, 0.1) is 6.20 Å². The van der Waals surface area contributed by atoms with Crippen molar-refractivity contribution in [1.29, 1.82) is 0 Å². The molecule has 1 aromatic rings. The molecule has 0 saturated carbocycles. The van der Waals surface area contributed by atoms with Crippen LogP contribution in [-0.4, -0.2) is 42.6 Å². The van der Waals surface area contributed by atoms with E-state index in [0.29, 0.717) is 13.1 Å². The molecular formula is C7H14N4O2S. The van der Waals surface area contributed by atoms with Crippen molar-refractivity contribution in [3.05, 3.63) is 12.4 Å². The molecule has 1 aromatic heterocycles. The number of hydrogen-bond donors (Lipinski definition) is 1. The zero-order valence-corrected chi connectivity index (χ0v) is 9.03. The Morgan fingerprint density at radius 2 is 2.29 bits per heavy atom. The van der Waals surface area contributed by atoms with Gasteiger partial charge in [-0.25, -0.2) is 8.42 Å². The van der Waals surface area contributed by atoms with Gasteiger partial charge >= 0.3 is 0 Å². The molecule has 0 fully saturated rings. The fourth-order valence-corrected chi connectivity index (χ4v) is 2.19. The quantitative estimate of drug-likeness (QED) is 0.702. The average molecular weight is 218 g/mol. The topological polar surface area (TPSA) is 81.2 Å². The van der Waals surface area contributed by atoms with Crippen LogP contribution in [0.4, 0.5) is 0 Å². The van der Waals surface area contributed by atoms with Crippen LogP contribution in [0.15, 0.2) is 17.3 Å². The van der Waals surface area contributed by atoms with Crippen molar-refractivity contribution < 1.29 is 8.42 Å². The van der Waals surface area contributed by atoms with Crippen LogP contribution in [0.1, 0.15) is 0 Å². The molecule has 0 bridgehead atoms. The summed E-state index contributed by atoms with van der Waals surface area (Å²) in [7, 11) is -0.246. The molecule has 0 radical (unpaired) electrons. The van der Waals surface area contributed by atoms with Crippen LogP contribution in [0.25, 0.3) is 0 Å². The van der Waals surface area contributed by atoms with E-state index in [1.165, 1.54) is 28.4 Å². The SMILES string of the molecule is CN(CCN)S(=O)(=O)c1cnn(C)c1. The lowest BCUT2D eigenvalue weighted by Crippen LogP contribution is -2.31. The van der Waals surface area contributed by atoms with Crippen molar-refractivity contribution in [3.8, 4) is 0 Å². The van der Waals surface area contributed by atoms with E-state index >= 15 is 0 Å². The van der Waals surface area contributed by atoms with E-state index in [1.54, 1.807) is 7.05 Å². The third-order valence-corrected chi connectivity index (χ3v) is 3.64. The van der Waals surface area contributed by atoms with Crippen molar-refractivity contribution in [2.45, 2.75) is 4.90 Å². The lowest BCUT2D eigenvalue weighted by Gasteiger charge is -2.14. The molecule has 1 heterocycles. The highest BCUT2D eigenvalue weighted by atomic mass is 32.2. The Morgan fingerprint density at radius 3 is 2.71 bits per heavy atom. The molecule has 80 valence electrons. The first kappa shape index (κ1) is 11.2. The molecule has 0 aliphatic rings. The maximum Gasteiger partial charge on any atom is 0.245 e. The third-order valence-electron chi connectivity index (χ3n) is 1.83. The summed E-state index contributed by atoms with van der Waals surface area (Å²) in [4.78, 5) is 0.191. The molecule has 0 aromatic carbocycles. The minimum absolute atomic E-state index is 0.191. The summed E-state index contributed by atoms with van der Waals surface area (Å²) in [6.07, 6.45) is 2.78. The zero-order valence-electron chi connectivity index (χ0n) is 8.21. The van der Waals surface area contributed by atoms with E-state index < -0.39 is 10.0 Å². The average Bonchev–Trinajstić information content (AvgIpc) is 2.52. The first-order chi connectivity index (χ1) is 6.48. The van der Waals surface area contributed by atoms with E-state index in [2.05, 4.69) is 5.10 Å². The van der Waals surface area contributed by atoms with E-state index in [9.17, 15) is 8.42 Å². The molecule has 0 aliphatic heterocycles. The molecular weight excluding hydrogens is 204 g/mol. The maximum absolute atomic E-state index is 11.8. The van der Waals surface area contributed by atoms with Crippen LogP contribution in [-0.2, 0) is 17.1 Å². The smallest absolute Gasteiger partial charge is 0.245 e. The molecule has 0 atom stereocenters. The van der Waals surface area contributed by atoms with Gasteiger partial charge in [0.2, 0.25) is 10.0 Å². The standard InChI is InChI=1S/C7H14N4O2S/c1-10-6-7(5-9-10)14(12,13)11(2)4-3-8/h5-6H,3-4,8H2,1-2H3. The molecule has 0 aliphatic carbocycles. The molecule has 2 N–H and O–H groups in total. The number of nitrogens with two attached hydrogens (primary N) is 1. The fraction of sp³-hybridized carbons (Fsp3) is 0.571. The number of likely N-dealkylation sites (N-methyl/N-ethyl adjacent to an activating group) is 1. The minimum Gasteiger partial charge on any atom is -0.329 e. The molecule has 0 spiro atoms. The predicted molar refractivity (Wildman–Crippen MR) is 52.1 cm³/mol. The van der Waals surface area contributed by atoms with Crippen LogP contribution in [0.3, 0.4) is 0 Å². The van der Waals surface area contributed by atoms with E-state index in [4.69, 9.17) is 5.73 Å². The summed E-state index contributed by atoms with van der Waals surface area (Å²) in [5.41, 5.74) is 5.28. The second-order valence-electron chi connectivity index (χ2n) is 2.96. The molecule has 0 saturated heterocycles.